The van der Waals surface area contributed by atoms with Crippen LogP contribution in [0.1, 0.15) is 10.4 Å². The van der Waals surface area contributed by atoms with Gasteiger partial charge in [0.1, 0.15) is 11.5 Å². The van der Waals surface area contributed by atoms with Crippen LogP contribution >= 0.6 is 0 Å². The lowest BCUT2D eigenvalue weighted by Crippen LogP contribution is -2.29. The highest BCUT2D eigenvalue weighted by molar-refractivity contribution is 5.94. The highest BCUT2D eigenvalue weighted by atomic mass is 16.7. The number of amides is 2. The average molecular weight is 254 g/mol. The van der Waals surface area contributed by atoms with E-state index in [1.807, 2.05) is 0 Å². The summed E-state index contributed by atoms with van der Waals surface area (Å²) in [5.74, 6) is -0.282. The summed E-state index contributed by atoms with van der Waals surface area (Å²) >= 11 is 0. The van der Waals surface area contributed by atoms with Crippen LogP contribution in [0.4, 0.5) is 0 Å². The molecule has 0 fully saturated rings. The molecule has 18 heavy (non-hydrogen) atoms. The Labute approximate surface area is 104 Å². The van der Waals surface area contributed by atoms with Crippen molar-refractivity contribution in [1.29, 1.82) is 0 Å². The first-order valence-corrected chi connectivity index (χ1v) is 5.00. The van der Waals surface area contributed by atoms with E-state index in [0.29, 0.717) is 11.5 Å². The molecule has 7 heteroatoms. The molecule has 0 saturated heterocycles. The number of nitrogens with two attached hydrogens (primary N) is 1. The predicted molar refractivity (Wildman–Crippen MR) is 62.2 cm³/mol. The van der Waals surface area contributed by atoms with E-state index in [-0.39, 0.29) is 5.56 Å². The highest BCUT2D eigenvalue weighted by Crippen LogP contribution is 2.22. The molecule has 2 amide bonds. The average Bonchev–Trinajstić information content (AvgIpc) is 2.37. The molecule has 0 atom stereocenters. The van der Waals surface area contributed by atoms with Gasteiger partial charge in [-0.15, -0.1) is 0 Å². The van der Waals surface area contributed by atoms with Gasteiger partial charge in [0.2, 0.25) is 5.91 Å². The van der Waals surface area contributed by atoms with E-state index < -0.39 is 18.4 Å². The quantitative estimate of drug-likeness (QED) is 0.688. The number of ether oxygens (including phenoxy) is 2. The Bertz CT molecular complexity index is 425. The standard InChI is InChI=1S/C11H14N2O5/c1-16-8-3-7(4-9(5-8)17-2)11(15)13-18-6-10(12)14/h3-5H,6H2,1-2H3,(H2,12,14)(H,13,15). The molecule has 0 spiro atoms. The number of hydrogen-bond donors (Lipinski definition) is 2. The van der Waals surface area contributed by atoms with Crippen LogP contribution in [0.5, 0.6) is 11.5 Å². The van der Waals surface area contributed by atoms with Crippen LogP contribution < -0.4 is 20.7 Å². The predicted octanol–water partition coefficient (Wildman–Crippen LogP) is -0.150. The fraction of sp³-hybridized carbons (Fsp3) is 0.273. The van der Waals surface area contributed by atoms with Crippen molar-refractivity contribution >= 4 is 11.8 Å². The smallest absolute Gasteiger partial charge is 0.275 e. The van der Waals surface area contributed by atoms with Gasteiger partial charge >= 0.3 is 0 Å². The van der Waals surface area contributed by atoms with Gasteiger partial charge in [-0.2, -0.15) is 0 Å². The van der Waals surface area contributed by atoms with E-state index in [1.165, 1.54) is 26.4 Å². The molecule has 1 aromatic carbocycles. The molecule has 1 aromatic rings. The number of benzene rings is 1. The van der Waals surface area contributed by atoms with E-state index in [4.69, 9.17) is 15.2 Å². The van der Waals surface area contributed by atoms with Crippen molar-refractivity contribution in [3.63, 3.8) is 0 Å². The first-order chi connectivity index (χ1) is 8.56. The number of hydrogen-bond acceptors (Lipinski definition) is 5. The molecule has 1 rings (SSSR count). The number of carbonyl (C=O) groups excluding carboxylic acids is 2. The van der Waals surface area contributed by atoms with Gasteiger partial charge < -0.3 is 15.2 Å². The first-order valence-electron chi connectivity index (χ1n) is 5.00. The van der Waals surface area contributed by atoms with E-state index in [9.17, 15) is 9.59 Å². The molecule has 0 aromatic heterocycles. The van der Waals surface area contributed by atoms with E-state index in [1.54, 1.807) is 6.07 Å². The van der Waals surface area contributed by atoms with Gasteiger partial charge in [-0.1, -0.05) is 0 Å². The second-order valence-corrected chi connectivity index (χ2v) is 3.29. The Morgan fingerprint density at radius 1 is 1.17 bits per heavy atom. The molecule has 0 unspecified atom stereocenters. The molecule has 0 aliphatic heterocycles. The molecule has 0 aliphatic carbocycles. The molecule has 3 N–H and O–H groups in total. The van der Waals surface area contributed by atoms with Gasteiger partial charge in [0.25, 0.3) is 5.91 Å². The van der Waals surface area contributed by atoms with Crippen molar-refractivity contribution in [2.45, 2.75) is 0 Å². The minimum atomic E-state index is -0.682. The van der Waals surface area contributed by atoms with Crippen LogP contribution in [-0.2, 0) is 9.63 Å². The zero-order valence-corrected chi connectivity index (χ0v) is 10.1. The number of hydroxylamine groups is 1. The molecular formula is C11H14N2O5. The lowest BCUT2D eigenvalue weighted by Gasteiger charge is -2.08. The minimum absolute atomic E-state index is 0.274. The van der Waals surface area contributed by atoms with Gasteiger partial charge in [-0.25, -0.2) is 5.48 Å². The van der Waals surface area contributed by atoms with Crippen LogP contribution in [0, 0.1) is 0 Å². The lowest BCUT2D eigenvalue weighted by molar-refractivity contribution is -0.124. The topological polar surface area (TPSA) is 99.9 Å². The molecular weight excluding hydrogens is 240 g/mol. The largest absolute Gasteiger partial charge is 0.497 e. The normalized spacial score (nSPS) is 9.67. The van der Waals surface area contributed by atoms with Crippen molar-refractivity contribution in [3.8, 4) is 11.5 Å². The lowest BCUT2D eigenvalue weighted by atomic mass is 10.2. The third kappa shape index (κ3) is 3.95. The Morgan fingerprint density at radius 3 is 2.17 bits per heavy atom. The van der Waals surface area contributed by atoms with Crippen LogP contribution in [0.2, 0.25) is 0 Å². The molecule has 0 radical (unpaired) electrons. The molecule has 98 valence electrons. The monoisotopic (exact) mass is 254 g/mol. The number of carbonyl (C=O) groups is 2. The van der Waals surface area contributed by atoms with Crippen LogP contribution in [0.3, 0.4) is 0 Å². The molecule has 0 heterocycles. The summed E-state index contributed by atoms with van der Waals surface area (Å²) in [7, 11) is 2.94. The summed E-state index contributed by atoms with van der Waals surface area (Å²) in [6, 6.07) is 4.64. The zero-order valence-electron chi connectivity index (χ0n) is 10.1. The SMILES string of the molecule is COc1cc(OC)cc(C(=O)NOCC(N)=O)c1. The summed E-state index contributed by atoms with van der Waals surface area (Å²) < 4.78 is 10.0. The zero-order chi connectivity index (χ0) is 13.5. The minimum Gasteiger partial charge on any atom is -0.497 e. The Kier molecular flexibility index (Phi) is 4.94. The van der Waals surface area contributed by atoms with Gasteiger partial charge in [0.15, 0.2) is 6.61 Å². The van der Waals surface area contributed by atoms with Gasteiger partial charge in [0.05, 0.1) is 14.2 Å². The van der Waals surface area contributed by atoms with Crippen molar-refractivity contribution in [2.75, 3.05) is 20.8 Å². The number of primary amides is 1. The first kappa shape index (κ1) is 13.8. The van der Waals surface area contributed by atoms with Crippen molar-refractivity contribution in [2.24, 2.45) is 5.73 Å². The summed E-state index contributed by atoms with van der Waals surface area (Å²) in [5.41, 5.74) is 7.21. The van der Waals surface area contributed by atoms with Crippen LogP contribution in [0.25, 0.3) is 0 Å². The highest BCUT2D eigenvalue weighted by Gasteiger charge is 2.10. The second kappa shape index (κ2) is 6.45. The Morgan fingerprint density at radius 2 is 1.72 bits per heavy atom. The van der Waals surface area contributed by atoms with Crippen molar-refractivity contribution in [3.05, 3.63) is 23.8 Å². The maximum Gasteiger partial charge on any atom is 0.275 e. The fourth-order valence-corrected chi connectivity index (χ4v) is 1.17. The number of nitrogens with one attached hydrogen (secondary N) is 1. The summed E-state index contributed by atoms with van der Waals surface area (Å²) in [6.07, 6.45) is 0. The van der Waals surface area contributed by atoms with E-state index in [2.05, 4.69) is 10.3 Å². The second-order valence-electron chi connectivity index (χ2n) is 3.29. The maximum absolute atomic E-state index is 11.7. The molecule has 0 aliphatic rings. The maximum atomic E-state index is 11.7. The number of methoxy groups -OCH3 is 2. The van der Waals surface area contributed by atoms with Gasteiger partial charge in [-0.3, -0.25) is 14.4 Å². The summed E-state index contributed by atoms with van der Waals surface area (Å²) in [4.78, 5) is 26.7. The van der Waals surface area contributed by atoms with Crippen molar-refractivity contribution < 1.29 is 23.9 Å². The van der Waals surface area contributed by atoms with Crippen molar-refractivity contribution in [1.82, 2.24) is 5.48 Å². The Balaban J connectivity index is 2.75. The molecule has 7 nitrogen and oxygen atoms in total. The van der Waals surface area contributed by atoms with Gasteiger partial charge in [0, 0.05) is 11.6 Å². The van der Waals surface area contributed by atoms with E-state index in [0.717, 1.165) is 0 Å². The van der Waals surface area contributed by atoms with Crippen LogP contribution in [0.15, 0.2) is 18.2 Å². The third-order valence-corrected chi connectivity index (χ3v) is 1.99. The van der Waals surface area contributed by atoms with E-state index >= 15 is 0 Å². The molecule has 0 saturated carbocycles. The molecule has 0 bridgehead atoms. The third-order valence-electron chi connectivity index (χ3n) is 1.99. The van der Waals surface area contributed by atoms with Crippen LogP contribution in [-0.4, -0.2) is 32.6 Å². The number of rotatable bonds is 6. The summed E-state index contributed by atoms with van der Waals surface area (Å²) in [5, 5.41) is 0. The Hall–Kier alpha value is -2.28. The summed E-state index contributed by atoms with van der Waals surface area (Å²) in [6.45, 7) is -0.396. The van der Waals surface area contributed by atoms with Gasteiger partial charge in [-0.05, 0) is 12.1 Å². The fourth-order valence-electron chi connectivity index (χ4n) is 1.17.